The van der Waals surface area contributed by atoms with Gasteiger partial charge >= 0.3 is 0 Å². The minimum Gasteiger partial charge on any atom is -0.309 e. The minimum absolute atomic E-state index is 0.0758. The predicted octanol–water partition coefficient (Wildman–Crippen LogP) is 2.68. The molecule has 1 fully saturated rings. The molecule has 0 unspecified atom stereocenters. The fourth-order valence-electron chi connectivity index (χ4n) is 4.24. The second-order valence-electron chi connectivity index (χ2n) is 7.68. The molecule has 2 atom stereocenters. The average molecular weight is 338 g/mol. The van der Waals surface area contributed by atoms with Gasteiger partial charge in [0.15, 0.2) is 5.82 Å². The molecular weight excluding hydrogens is 312 g/mol. The molecule has 1 saturated carbocycles. The van der Waals surface area contributed by atoms with Crippen LogP contribution in [0.25, 0.3) is 0 Å². The van der Waals surface area contributed by atoms with Crippen LogP contribution < -0.4 is 5.32 Å². The second-order valence-corrected chi connectivity index (χ2v) is 7.68. The third kappa shape index (κ3) is 3.09. The van der Waals surface area contributed by atoms with Gasteiger partial charge in [0.25, 0.3) is 0 Å². The van der Waals surface area contributed by atoms with Crippen LogP contribution in [0.1, 0.15) is 30.4 Å². The Morgan fingerprint density at radius 3 is 3.04 bits per heavy atom. The smallest absolute Gasteiger partial charge is 0.229 e. The fourth-order valence-corrected chi connectivity index (χ4v) is 4.24. The molecule has 0 saturated heterocycles. The van der Waals surface area contributed by atoms with Gasteiger partial charge in [0, 0.05) is 30.1 Å². The van der Waals surface area contributed by atoms with E-state index in [1.54, 1.807) is 0 Å². The van der Waals surface area contributed by atoms with Crippen LogP contribution in [0.2, 0.25) is 0 Å². The lowest BCUT2D eigenvalue weighted by atomic mass is 9.78. The van der Waals surface area contributed by atoms with Crippen LogP contribution in [0.4, 0.5) is 5.82 Å². The lowest BCUT2D eigenvalue weighted by Gasteiger charge is -2.26. The molecule has 5 nitrogen and oxygen atoms in total. The largest absolute Gasteiger partial charge is 0.309 e. The molecular formula is C20H26N4O. The normalized spacial score (nSPS) is 24.4. The van der Waals surface area contributed by atoms with Crippen LogP contribution >= 0.6 is 0 Å². The molecule has 1 amide bonds. The van der Waals surface area contributed by atoms with Crippen molar-refractivity contribution in [3.8, 4) is 0 Å². The van der Waals surface area contributed by atoms with Crippen molar-refractivity contribution in [2.24, 2.45) is 5.92 Å². The lowest BCUT2D eigenvalue weighted by Crippen LogP contribution is -2.25. The van der Waals surface area contributed by atoms with Gasteiger partial charge in [-0.25, -0.2) is 0 Å². The summed E-state index contributed by atoms with van der Waals surface area (Å²) in [5.74, 6) is 0.866. The van der Waals surface area contributed by atoms with Gasteiger partial charge in [0.2, 0.25) is 5.91 Å². The van der Waals surface area contributed by atoms with Crippen molar-refractivity contribution in [1.82, 2.24) is 14.7 Å². The zero-order chi connectivity index (χ0) is 17.4. The van der Waals surface area contributed by atoms with Gasteiger partial charge in [-0.1, -0.05) is 24.3 Å². The summed E-state index contributed by atoms with van der Waals surface area (Å²) in [6, 6.07) is 10.5. The summed E-state index contributed by atoms with van der Waals surface area (Å²) in [5.41, 5.74) is 2.90. The Morgan fingerprint density at radius 2 is 2.20 bits per heavy atom. The van der Waals surface area contributed by atoms with E-state index in [1.807, 2.05) is 31.0 Å². The molecule has 4 rings (SSSR count). The highest BCUT2D eigenvalue weighted by Gasteiger charge is 2.60. The first-order valence-corrected chi connectivity index (χ1v) is 9.16. The van der Waals surface area contributed by atoms with Crippen molar-refractivity contribution in [2.75, 3.05) is 26.0 Å². The molecule has 132 valence electrons. The lowest BCUT2D eigenvalue weighted by molar-refractivity contribution is -0.117. The summed E-state index contributed by atoms with van der Waals surface area (Å²) in [6.45, 7) is 1.75. The van der Waals surface area contributed by atoms with E-state index in [4.69, 9.17) is 0 Å². The number of nitrogens with zero attached hydrogens (tertiary/aromatic N) is 3. The first kappa shape index (κ1) is 16.3. The standard InChI is InChI=1S/C20H26N4O/c1-23(2)12-13-24-11-9-18(22-24)21-19(25)17-14-20(17)10-5-7-15-6-3-4-8-16(15)20/h3-4,6,8-9,11,17H,5,7,10,12-14H2,1-2H3,(H,21,22,25)/t17-,20+/m1/s1. The number of fused-ring (bicyclic) bond motifs is 2. The number of carbonyl (C=O) groups is 1. The summed E-state index contributed by atoms with van der Waals surface area (Å²) in [4.78, 5) is 14.9. The van der Waals surface area contributed by atoms with E-state index in [9.17, 15) is 4.79 Å². The van der Waals surface area contributed by atoms with Gasteiger partial charge in [-0.2, -0.15) is 5.10 Å². The van der Waals surface area contributed by atoms with Crippen LogP contribution in [-0.2, 0) is 23.2 Å². The number of aryl methyl sites for hydroxylation is 1. The number of nitrogens with one attached hydrogen (secondary N) is 1. The van der Waals surface area contributed by atoms with Crippen molar-refractivity contribution < 1.29 is 4.79 Å². The molecule has 2 aliphatic carbocycles. The Hall–Kier alpha value is -2.14. The quantitative estimate of drug-likeness (QED) is 0.912. The summed E-state index contributed by atoms with van der Waals surface area (Å²) in [7, 11) is 4.08. The summed E-state index contributed by atoms with van der Waals surface area (Å²) in [6.07, 6.45) is 6.34. The van der Waals surface area contributed by atoms with E-state index in [-0.39, 0.29) is 17.2 Å². The number of aromatic nitrogens is 2. The maximum absolute atomic E-state index is 12.8. The molecule has 1 N–H and O–H groups in total. The molecule has 1 spiro atoms. The number of amides is 1. The van der Waals surface area contributed by atoms with Gasteiger partial charge in [0.1, 0.15) is 0 Å². The summed E-state index contributed by atoms with van der Waals surface area (Å²) in [5, 5.41) is 7.50. The van der Waals surface area contributed by atoms with Crippen molar-refractivity contribution in [3.05, 3.63) is 47.7 Å². The van der Waals surface area contributed by atoms with Crippen LogP contribution in [0.3, 0.4) is 0 Å². The van der Waals surface area contributed by atoms with E-state index >= 15 is 0 Å². The number of likely N-dealkylation sites (N-methyl/N-ethyl adjacent to an activating group) is 1. The van der Waals surface area contributed by atoms with Gasteiger partial charge in [-0.3, -0.25) is 9.48 Å². The Labute approximate surface area is 149 Å². The molecule has 2 aliphatic rings. The Balaban J connectivity index is 1.42. The molecule has 1 heterocycles. The molecule has 0 aliphatic heterocycles. The maximum atomic E-state index is 12.8. The van der Waals surface area contributed by atoms with Crippen LogP contribution in [0, 0.1) is 5.92 Å². The predicted molar refractivity (Wildman–Crippen MR) is 98.6 cm³/mol. The summed E-state index contributed by atoms with van der Waals surface area (Å²) < 4.78 is 1.88. The third-order valence-corrected chi connectivity index (χ3v) is 5.68. The second kappa shape index (κ2) is 6.30. The SMILES string of the molecule is CN(C)CCn1ccc(NC(=O)[C@H]2C[C@]23CCCc2ccccc23)n1. The van der Waals surface area contributed by atoms with E-state index in [0.29, 0.717) is 5.82 Å². The maximum Gasteiger partial charge on any atom is 0.229 e. The van der Waals surface area contributed by atoms with Crippen molar-refractivity contribution >= 4 is 11.7 Å². The molecule has 0 bridgehead atoms. The highest BCUT2D eigenvalue weighted by molar-refractivity contribution is 5.95. The number of hydrogen-bond donors (Lipinski definition) is 1. The molecule has 2 aromatic rings. The van der Waals surface area contributed by atoms with Crippen molar-refractivity contribution in [2.45, 2.75) is 37.6 Å². The van der Waals surface area contributed by atoms with Gasteiger partial charge in [-0.15, -0.1) is 0 Å². The number of hydrogen-bond acceptors (Lipinski definition) is 3. The summed E-state index contributed by atoms with van der Waals surface area (Å²) >= 11 is 0. The molecule has 0 radical (unpaired) electrons. The van der Waals surface area contributed by atoms with Crippen molar-refractivity contribution in [3.63, 3.8) is 0 Å². The zero-order valence-corrected chi connectivity index (χ0v) is 15.0. The van der Waals surface area contributed by atoms with Gasteiger partial charge in [-0.05, 0) is 50.9 Å². The number of carbonyl (C=O) groups excluding carboxylic acids is 1. The first-order chi connectivity index (χ1) is 12.1. The van der Waals surface area contributed by atoms with Crippen molar-refractivity contribution in [1.29, 1.82) is 0 Å². The number of anilines is 1. The van der Waals surface area contributed by atoms with Gasteiger partial charge < -0.3 is 10.2 Å². The van der Waals surface area contributed by atoms with E-state index in [2.05, 4.69) is 39.6 Å². The highest BCUT2D eigenvalue weighted by Crippen LogP contribution is 2.60. The monoisotopic (exact) mass is 338 g/mol. The third-order valence-electron chi connectivity index (χ3n) is 5.68. The molecule has 5 heteroatoms. The fraction of sp³-hybridized carbons (Fsp3) is 0.500. The van der Waals surface area contributed by atoms with E-state index < -0.39 is 0 Å². The van der Waals surface area contributed by atoms with E-state index in [1.165, 1.54) is 17.5 Å². The Morgan fingerprint density at radius 1 is 1.36 bits per heavy atom. The molecule has 1 aromatic heterocycles. The number of benzene rings is 1. The first-order valence-electron chi connectivity index (χ1n) is 9.16. The highest BCUT2D eigenvalue weighted by atomic mass is 16.2. The Bertz CT molecular complexity index is 782. The van der Waals surface area contributed by atoms with Gasteiger partial charge in [0.05, 0.1) is 6.54 Å². The molecule has 1 aromatic carbocycles. The van der Waals surface area contributed by atoms with Crippen LogP contribution in [0.15, 0.2) is 36.5 Å². The van der Waals surface area contributed by atoms with Crippen LogP contribution in [-0.4, -0.2) is 41.2 Å². The average Bonchev–Trinajstić information content (AvgIpc) is 3.14. The topological polar surface area (TPSA) is 50.2 Å². The molecule has 25 heavy (non-hydrogen) atoms. The minimum atomic E-state index is 0.0758. The van der Waals surface area contributed by atoms with E-state index in [0.717, 1.165) is 32.4 Å². The zero-order valence-electron chi connectivity index (χ0n) is 15.0. The number of rotatable bonds is 5. The Kier molecular flexibility index (Phi) is 4.12. The van der Waals surface area contributed by atoms with Crippen LogP contribution in [0.5, 0.6) is 0 Å².